The number of alkyl halides is 6. The van der Waals surface area contributed by atoms with Crippen molar-refractivity contribution in [3.8, 4) is 5.69 Å². The number of nitrogens with zero attached hydrogens (tertiary/aromatic N) is 2. The summed E-state index contributed by atoms with van der Waals surface area (Å²) in [6.07, 6.45) is -9.01. The van der Waals surface area contributed by atoms with Crippen LogP contribution >= 0.6 is 0 Å². The highest BCUT2D eigenvalue weighted by Gasteiger charge is 2.41. The minimum Gasteiger partial charge on any atom is -0.352 e. The molecule has 0 spiro atoms. The molecule has 146 valence electrons. The topological polar surface area (TPSA) is 59.0 Å². The van der Waals surface area contributed by atoms with Crippen molar-refractivity contribution in [3.63, 3.8) is 0 Å². The monoisotopic (exact) mass is 392 g/mol. The molecule has 0 saturated carbocycles. The molecule has 2 aromatic rings. The fourth-order valence-corrected chi connectivity index (χ4v) is 2.62. The Morgan fingerprint density at radius 1 is 1.19 bits per heavy atom. The van der Waals surface area contributed by atoms with E-state index in [1.807, 2.05) is 0 Å². The second-order valence-corrected chi connectivity index (χ2v) is 6.10. The van der Waals surface area contributed by atoms with Gasteiger partial charge in [-0.3, -0.25) is 4.79 Å². The Morgan fingerprint density at radius 3 is 2.44 bits per heavy atom. The first-order valence-electron chi connectivity index (χ1n) is 7.89. The van der Waals surface area contributed by atoms with Crippen LogP contribution in [0.25, 0.3) is 5.69 Å². The fourth-order valence-electron chi connectivity index (χ4n) is 2.62. The summed E-state index contributed by atoms with van der Waals surface area (Å²) >= 11 is 0. The van der Waals surface area contributed by atoms with Gasteiger partial charge in [0.25, 0.3) is 5.91 Å². The summed E-state index contributed by atoms with van der Waals surface area (Å²) in [5.74, 6) is -0.853. The molecular formula is C16H14F6N4O. The maximum absolute atomic E-state index is 13.5. The zero-order valence-corrected chi connectivity index (χ0v) is 13.7. The lowest BCUT2D eigenvalue weighted by Crippen LogP contribution is -2.48. The zero-order valence-electron chi connectivity index (χ0n) is 13.7. The van der Waals surface area contributed by atoms with E-state index < -0.39 is 40.8 Å². The number of amides is 1. The smallest absolute Gasteiger partial charge is 0.352 e. The number of aromatic nitrogens is 2. The highest BCUT2D eigenvalue weighted by atomic mass is 19.4. The zero-order chi connectivity index (χ0) is 19.8. The van der Waals surface area contributed by atoms with Crippen LogP contribution in [0.5, 0.6) is 0 Å². The van der Waals surface area contributed by atoms with Crippen LogP contribution in [-0.4, -0.2) is 35.3 Å². The Labute approximate surface area is 149 Å². The van der Waals surface area contributed by atoms with Crippen LogP contribution < -0.4 is 10.6 Å². The molecule has 1 aromatic heterocycles. The molecule has 11 heteroatoms. The van der Waals surface area contributed by atoms with E-state index in [1.165, 1.54) is 0 Å². The van der Waals surface area contributed by atoms with Gasteiger partial charge >= 0.3 is 12.4 Å². The first kappa shape index (κ1) is 19.2. The van der Waals surface area contributed by atoms with Crippen molar-refractivity contribution in [2.75, 3.05) is 19.6 Å². The van der Waals surface area contributed by atoms with E-state index in [-0.39, 0.29) is 12.5 Å². The number of hydrogen-bond acceptors (Lipinski definition) is 3. The summed E-state index contributed by atoms with van der Waals surface area (Å²) < 4.78 is 79.4. The van der Waals surface area contributed by atoms with Crippen LogP contribution in [0.1, 0.15) is 21.6 Å². The van der Waals surface area contributed by atoms with Gasteiger partial charge in [0, 0.05) is 25.6 Å². The number of hydrogen-bond donors (Lipinski definition) is 2. The number of benzene rings is 1. The third kappa shape index (κ3) is 4.07. The van der Waals surface area contributed by atoms with Crippen molar-refractivity contribution in [2.24, 2.45) is 5.92 Å². The van der Waals surface area contributed by atoms with Crippen LogP contribution in [0.3, 0.4) is 0 Å². The maximum Gasteiger partial charge on any atom is 0.434 e. The second kappa shape index (κ2) is 6.87. The predicted octanol–water partition coefficient (Wildman–Crippen LogP) is 2.86. The lowest BCUT2D eigenvalue weighted by Gasteiger charge is -2.27. The van der Waals surface area contributed by atoms with E-state index in [4.69, 9.17) is 0 Å². The van der Waals surface area contributed by atoms with Crippen molar-refractivity contribution in [3.05, 3.63) is 47.3 Å². The Kier molecular flexibility index (Phi) is 4.89. The maximum atomic E-state index is 13.5. The van der Waals surface area contributed by atoms with Crippen molar-refractivity contribution in [1.82, 2.24) is 20.4 Å². The SMILES string of the molecule is O=C(NCC1CNC1)c1cnn(-c2cccc(C(F)(F)F)c2)c1C(F)(F)F. The lowest BCUT2D eigenvalue weighted by molar-refractivity contribution is -0.143. The summed E-state index contributed by atoms with van der Waals surface area (Å²) in [6, 6.07) is 3.31. The summed E-state index contributed by atoms with van der Waals surface area (Å²) in [5.41, 5.74) is -3.73. The average Bonchev–Trinajstić information content (AvgIpc) is 2.98. The van der Waals surface area contributed by atoms with Crippen LogP contribution in [0.4, 0.5) is 26.3 Å². The molecule has 1 aliphatic heterocycles. The quantitative estimate of drug-likeness (QED) is 0.787. The van der Waals surface area contributed by atoms with Gasteiger partial charge < -0.3 is 10.6 Å². The van der Waals surface area contributed by atoms with Gasteiger partial charge in [0.1, 0.15) is 0 Å². The fraction of sp³-hybridized carbons (Fsp3) is 0.375. The molecule has 1 amide bonds. The van der Waals surface area contributed by atoms with Gasteiger partial charge in [-0.15, -0.1) is 0 Å². The minimum absolute atomic E-state index is 0.127. The molecule has 27 heavy (non-hydrogen) atoms. The molecule has 0 atom stereocenters. The van der Waals surface area contributed by atoms with Gasteiger partial charge in [0.05, 0.1) is 23.0 Å². The molecule has 1 fully saturated rings. The summed E-state index contributed by atoms with van der Waals surface area (Å²) in [6.45, 7) is 1.49. The van der Waals surface area contributed by atoms with E-state index in [0.717, 1.165) is 18.2 Å². The van der Waals surface area contributed by atoms with Crippen LogP contribution in [-0.2, 0) is 12.4 Å². The molecule has 1 aliphatic rings. The molecule has 0 radical (unpaired) electrons. The third-order valence-electron chi connectivity index (χ3n) is 4.12. The number of carbonyl (C=O) groups is 1. The lowest BCUT2D eigenvalue weighted by atomic mass is 10.0. The van der Waals surface area contributed by atoms with Gasteiger partial charge in [-0.1, -0.05) is 6.07 Å². The third-order valence-corrected chi connectivity index (χ3v) is 4.12. The molecule has 2 N–H and O–H groups in total. The van der Waals surface area contributed by atoms with Crippen LogP contribution in [0, 0.1) is 5.92 Å². The Hall–Kier alpha value is -2.56. The molecule has 0 unspecified atom stereocenters. The van der Waals surface area contributed by atoms with Gasteiger partial charge in [-0.05, 0) is 18.2 Å². The van der Waals surface area contributed by atoms with Gasteiger partial charge in [0.15, 0.2) is 5.69 Å². The Balaban J connectivity index is 1.97. The Morgan fingerprint density at radius 2 is 1.89 bits per heavy atom. The summed E-state index contributed by atoms with van der Waals surface area (Å²) in [7, 11) is 0. The normalized spacial score (nSPS) is 15.5. The van der Waals surface area contributed by atoms with Crippen molar-refractivity contribution in [2.45, 2.75) is 12.4 Å². The molecule has 5 nitrogen and oxygen atoms in total. The van der Waals surface area contributed by atoms with E-state index >= 15 is 0 Å². The first-order chi connectivity index (χ1) is 12.6. The summed E-state index contributed by atoms with van der Waals surface area (Å²) in [5, 5.41) is 8.88. The van der Waals surface area contributed by atoms with Crippen molar-refractivity contribution >= 4 is 5.91 Å². The number of carbonyl (C=O) groups excluding carboxylic acids is 1. The van der Waals surface area contributed by atoms with E-state index in [2.05, 4.69) is 15.7 Å². The minimum atomic E-state index is -4.99. The number of halogens is 6. The first-order valence-corrected chi connectivity index (χ1v) is 7.89. The molecule has 1 saturated heterocycles. The van der Waals surface area contributed by atoms with E-state index in [1.54, 1.807) is 0 Å². The molecule has 0 aliphatic carbocycles. The van der Waals surface area contributed by atoms with Crippen LogP contribution in [0.2, 0.25) is 0 Å². The second-order valence-electron chi connectivity index (χ2n) is 6.10. The average molecular weight is 392 g/mol. The standard InChI is InChI=1S/C16H14F6N4O/c17-15(18,19)10-2-1-3-11(4-10)26-13(16(20,21)22)12(8-25-26)14(27)24-7-9-5-23-6-9/h1-4,8-9,23H,5-7H2,(H,24,27). The Bertz CT molecular complexity index is 838. The molecule has 2 heterocycles. The molecule has 0 bridgehead atoms. The van der Waals surface area contributed by atoms with Gasteiger partial charge in [-0.2, -0.15) is 31.4 Å². The molecule has 3 rings (SSSR count). The van der Waals surface area contributed by atoms with Gasteiger partial charge in [-0.25, -0.2) is 4.68 Å². The predicted molar refractivity (Wildman–Crippen MR) is 82.3 cm³/mol. The molecular weight excluding hydrogens is 378 g/mol. The highest BCUT2D eigenvalue weighted by molar-refractivity contribution is 5.95. The van der Waals surface area contributed by atoms with Gasteiger partial charge in [0.2, 0.25) is 0 Å². The van der Waals surface area contributed by atoms with Crippen molar-refractivity contribution in [1.29, 1.82) is 0 Å². The summed E-state index contributed by atoms with van der Waals surface area (Å²) in [4.78, 5) is 12.2. The number of nitrogens with one attached hydrogen (secondary N) is 2. The van der Waals surface area contributed by atoms with Crippen molar-refractivity contribution < 1.29 is 31.1 Å². The largest absolute Gasteiger partial charge is 0.434 e. The van der Waals surface area contributed by atoms with E-state index in [0.29, 0.717) is 30.0 Å². The van der Waals surface area contributed by atoms with E-state index in [9.17, 15) is 31.1 Å². The highest BCUT2D eigenvalue weighted by Crippen LogP contribution is 2.35. The number of rotatable bonds is 4. The molecule has 1 aromatic carbocycles. The van der Waals surface area contributed by atoms with Crippen LogP contribution in [0.15, 0.2) is 30.5 Å².